The summed E-state index contributed by atoms with van der Waals surface area (Å²) in [6, 6.07) is 26.1. The third-order valence-corrected chi connectivity index (χ3v) is 6.14. The number of amides is 1. The standard InChI is InChI=1S/C29H20FN5O3/c30-23-12-10-17(15-25-20-8-4-5-9-21(20)27(36)35-34-25)14-22(23)18-11-13-24-26(16-18)32-28(31-24)33-29(37)38-19-6-2-1-3-7-19/h1-14,16H,15H2,(H,35,36)(H2,31,32,33,37). The van der Waals surface area contributed by atoms with Crippen LogP contribution in [-0.2, 0) is 6.42 Å². The van der Waals surface area contributed by atoms with Gasteiger partial charge in [0, 0.05) is 17.4 Å². The van der Waals surface area contributed by atoms with Gasteiger partial charge in [-0.15, -0.1) is 0 Å². The molecule has 8 nitrogen and oxygen atoms in total. The van der Waals surface area contributed by atoms with Crippen LogP contribution in [-0.4, -0.2) is 26.3 Å². The lowest BCUT2D eigenvalue weighted by Gasteiger charge is -2.09. The molecule has 3 N–H and O–H groups in total. The predicted molar refractivity (Wildman–Crippen MR) is 143 cm³/mol. The molecule has 38 heavy (non-hydrogen) atoms. The fourth-order valence-electron chi connectivity index (χ4n) is 4.36. The van der Waals surface area contributed by atoms with Gasteiger partial charge in [0.15, 0.2) is 0 Å². The molecular weight excluding hydrogens is 485 g/mol. The van der Waals surface area contributed by atoms with Gasteiger partial charge in [-0.25, -0.2) is 19.3 Å². The molecule has 0 bridgehead atoms. The minimum atomic E-state index is -0.683. The van der Waals surface area contributed by atoms with Crippen LogP contribution in [0.2, 0.25) is 0 Å². The average Bonchev–Trinajstić information content (AvgIpc) is 3.33. The van der Waals surface area contributed by atoms with E-state index in [4.69, 9.17) is 4.74 Å². The highest BCUT2D eigenvalue weighted by Gasteiger charge is 2.13. The Morgan fingerprint density at radius 3 is 2.55 bits per heavy atom. The first-order chi connectivity index (χ1) is 18.5. The Morgan fingerprint density at radius 2 is 1.71 bits per heavy atom. The van der Waals surface area contributed by atoms with Crippen LogP contribution in [0.15, 0.2) is 95.8 Å². The van der Waals surface area contributed by atoms with Crippen LogP contribution in [0.1, 0.15) is 11.3 Å². The summed E-state index contributed by atoms with van der Waals surface area (Å²) in [4.78, 5) is 31.7. The molecule has 0 aliphatic heterocycles. The van der Waals surface area contributed by atoms with Gasteiger partial charge < -0.3 is 9.72 Å². The van der Waals surface area contributed by atoms with Gasteiger partial charge in [0.1, 0.15) is 11.6 Å². The summed E-state index contributed by atoms with van der Waals surface area (Å²) in [6.45, 7) is 0. The van der Waals surface area contributed by atoms with Crippen LogP contribution in [0, 0.1) is 5.82 Å². The summed E-state index contributed by atoms with van der Waals surface area (Å²) in [6.07, 6.45) is -0.272. The van der Waals surface area contributed by atoms with E-state index in [9.17, 15) is 14.0 Å². The highest BCUT2D eigenvalue weighted by molar-refractivity contribution is 5.89. The van der Waals surface area contributed by atoms with E-state index in [2.05, 4.69) is 25.5 Å². The van der Waals surface area contributed by atoms with Crippen LogP contribution >= 0.6 is 0 Å². The number of H-pyrrole nitrogens is 2. The second-order valence-electron chi connectivity index (χ2n) is 8.68. The van der Waals surface area contributed by atoms with Crippen LogP contribution in [0.4, 0.5) is 15.1 Å². The number of carbonyl (C=O) groups excluding carboxylic acids is 1. The molecular formula is C29H20FN5O3. The van der Waals surface area contributed by atoms with Crippen molar-refractivity contribution >= 4 is 33.8 Å². The zero-order chi connectivity index (χ0) is 26.1. The molecule has 6 aromatic rings. The predicted octanol–water partition coefficient (Wildman–Crippen LogP) is 5.81. The molecule has 186 valence electrons. The molecule has 2 heterocycles. The number of carbonyl (C=O) groups is 1. The lowest BCUT2D eigenvalue weighted by molar-refractivity contribution is 0.215. The molecule has 9 heteroatoms. The highest BCUT2D eigenvalue weighted by atomic mass is 19.1. The van der Waals surface area contributed by atoms with Gasteiger partial charge in [0.2, 0.25) is 5.95 Å². The molecule has 0 saturated heterocycles. The van der Waals surface area contributed by atoms with Gasteiger partial charge in [-0.1, -0.05) is 48.5 Å². The number of ether oxygens (including phenoxy) is 1. The summed E-state index contributed by atoms with van der Waals surface area (Å²) >= 11 is 0. The molecule has 0 spiro atoms. The molecule has 1 amide bonds. The van der Waals surface area contributed by atoms with Crippen molar-refractivity contribution in [2.24, 2.45) is 0 Å². The van der Waals surface area contributed by atoms with Crippen molar-refractivity contribution in [3.63, 3.8) is 0 Å². The van der Waals surface area contributed by atoms with Crippen molar-refractivity contribution in [1.82, 2.24) is 20.2 Å². The quantitative estimate of drug-likeness (QED) is 0.274. The van der Waals surface area contributed by atoms with Crippen molar-refractivity contribution in [1.29, 1.82) is 0 Å². The molecule has 4 aromatic carbocycles. The van der Waals surface area contributed by atoms with Crippen molar-refractivity contribution in [3.05, 3.63) is 118 Å². The van der Waals surface area contributed by atoms with Crippen molar-refractivity contribution in [2.75, 3.05) is 5.32 Å². The van der Waals surface area contributed by atoms with Crippen molar-refractivity contribution in [2.45, 2.75) is 6.42 Å². The largest absolute Gasteiger partial charge is 0.419 e. The lowest BCUT2D eigenvalue weighted by Crippen LogP contribution is -2.17. The van der Waals surface area contributed by atoms with E-state index < -0.39 is 6.09 Å². The normalized spacial score (nSPS) is 11.1. The first kappa shape index (κ1) is 23.1. The Bertz CT molecular complexity index is 1860. The zero-order valence-corrected chi connectivity index (χ0v) is 19.9. The number of fused-ring (bicyclic) bond motifs is 2. The number of nitrogens with zero attached hydrogens (tertiary/aromatic N) is 2. The number of aromatic amines is 2. The molecule has 0 unspecified atom stereocenters. The van der Waals surface area contributed by atoms with Crippen LogP contribution in [0.25, 0.3) is 32.9 Å². The van der Waals surface area contributed by atoms with Gasteiger partial charge >= 0.3 is 6.09 Å². The molecule has 0 atom stereocenters. The first-order valence-corrected chi connectivity index (χ1v) is 11.8. The third-order valence-electron chi connectivity index (χ3n) is 6.14. The lowest BCUT2D eigenvalue weighted by atomic mass is 9.98. The number of para-hydroxylation sites is 1. The Kier molecular flexibility index (Phi) is 5.85. The number of halogens is 1. The maximum atomic E-state index is 14.9. The van der Waals surface area contributed by atoms with E-state index in [0.29, 0.717) is 45.4 Å². The number of rotatable bonds is 5. The number of nitrogens with one attached hydrogen (secondary N) is 3. The molecule has 0 aliphatic rings. The number of hydrogen-bond donors (Lipinski definition) is 3. The molecule has 0 aliphatic carbocycles. The minimum Gasteiger partial charge on any atom is -0.410 e. The Balaban J connectivity index is 1.27. The number of aromatic nitrogens is 4. The number of anilines is 1. The van der Waals surface area contributed by atoms with E-state index >= 15 is 0 Å². The second-order valence-corrected chi connectivity index (χ2v) is 8.68. The van der Waals surface area contributed by atoms with Gasteiger partial charge in [-0.3, -0.25) is 10.1 Å². The van der Waals surface area contributed by atoms with Crippen LogP contribution in [0.3, 0.4) is 0 Å². The summed E-state index contributed by atoms with van der Waals surface area (Å²) < 4.78 is 20.2. The zero-order valence-electron chi connectivity index (χ0n) is 19.9. The molecule has 0 fully saturated rings. The van der Waals surface area contributed by atoms with E-state index in [-0.39, 0.29) is 17.3 Å². The van der Waals surface area contributed by atoms with E-state index in [1.807, 2.05) is 18.2 Å². The second kappa shape index (κ2) is 9.62. The van der Waals surface area contributed by atoms with Gasteiger partial charge in [-0.05, 0) is 53.6 Å². The number of imidazole rings is 1. The number of hydrogen-bond acceptors (Lipinski definition) is 5. The summed E-state index contributed by atoms with van der Waals surface area (Å²) in [5.74, 6) is 0.240. The fraction of sp³-hybridized carbons (Fsp3) is 0.0345. The SMILES string of the molecule is O=C(Nc1nc2ccc(-c3cc(Cc4n[nH]c(=O)c5ccccc45)ccc3F)cc2[nH]1)Oc1ccccc1. The Labute approximate surface area is 215 Å². The van der Waals surface area contributed by atoms with E-state index in [1.54, 1.807) is 66.7 Å². The topological polar surface area (TPSA) is 113 Å². The Morgan fingerprint density at radius 1 is 0.921 bits per heavy atom. The number of benzene rings is 4. The first-order valence-electron chi connectivity index (χ1n) is 11.8. The summed E-state index contributed by atoms with van der Waals surface area (Å²) in [5, 5.41) is 10.7. The van der Waals surface area contributed by atoms with Gasteiger partial charge in [-0.2, -0.15) is 5.10 Å². The van der Waals surface area contributed by atoms with Gasteiger partial charge in [0.25, 0.3) is 5.56 Å². The van der Waals surface area contributed by atoms with Crippen LogP contribution < -0.4 is 15.6 Å². The summed E-state index contributed by atoms with van der Waals surface area (Å²) in [7, 11) is 0. The Hall–Kier alpha value is -5.31. The summed E-state index contributed by atoms with van der Waals surface area (Å²) in [5.41, 5.74) is 3.55. The third kappa shape index (κ3) is 4.60. The monoisotopic (exact) mass is 505 g/mol. The smallest absolute Gasteiger partial charge is 0.410 e. The molecule has 0 saturated carbocycles. The van der Waals surface area contributed by atoms with Crippen molar-refractivity contribution in [3.8, 4) is 16.9 Å². The van der Waals surface area contributed by atoms with Gasteiger partial charge in [0.05, 0.1) is 22.1 Å². The molecule has 0 radical (unpaired) electrons. The molecule has 2 aromatic heterocycles. The van der Waals surface area contributed by atoms with E-state index in [1.165, 1.54) is 6.07 Å². The average molecular weight is 506 g/mol. The highest BCUT2D eigenvalue weighted by Crippen LogP contribution is 2.29. The van der Waals surface area contributed by atoms with Crippen molar-refractivity contribution < 1.29 is 13.9 Å². The van der Waals surface area contributed by atoms with Crippen LogP contribution in [0.5, 0.6) is 5.75 Å². The fourth-order valence-corrected chi connectivity index (χ4v) is 4.36. The minimum absolute atomic E-state index is 0.211. The maximum Gasteiger partial charge on any atom is 0.419 e. The maximum absolute atomic E-state index is 14.9. The van der Waals surface area contributed by atoms with E-state index in [0.717, 1.165) is 10.9 Å². The molecule has 6 rings (SSSR count).